The Labute approximate surface area is 172 Å². The molecule has 0 aliphatic heterocycles. The molecule has 9 heteroatoms. The number of alkyl halides is 3. The molecule has 0 aliphatic carbocycles. The fraction of sp³-hybridized carbons (Fsp3) is 0.190. The third-order valence-corrected chi connectivity index (χ3v) is 5.41. The van der Waals surface area contributed by atoms with Gasteiger partial charge in [0.25, 0.3) is 0 Å². The summed E-state index contributed by atoms with van der Waals surface area (Å²) in [6, 6.07) is 11.1. The predicted molar refractivity (Wildman–Crippen MR) is 106 cm³/mol. The van der Waals surface area contributed by atoms with Gasteiger partial charge in [0.1, 0.15) is 0 Å². The van der Waals surface area contributed by atoms with Gasteiger partial charge in [-0.1, -0.05) is 30.0 Å². The maximum atomic E-state index is 12.7. The molecule has 156 valence electrons. The molecule has 0 spiro atoms. The van der Waals surface area contributed by atoms with Crippen molar-refractivity contribution in [2.24, 2.45) is 12.2 Å². The van der Waals surface area contributed by atoms with Crippen LogP contribution in [0.1, 0.15) is 27.9 Å². The Kier molecular flexibility index (Phi) is 6.01. The van der Waals surface area contributed by atoms with Gasteiger partial charge in [-0.15, -0.1) is 0 Å². The third-order valence-electron chi connectivity index (χ3n) is 4.50. The SMILES string of the molecule is Cn1ncc(C#Cc2cccc(S(N)(=O)=O)c2)c1CCc1ccc(C(F)(F)F)cc1. The van der Waals surface area contributed by atoms with E-state index in [1.54, 1.807) is 30.1 Å². The molecule has 2 aromatic carbocycles. The molecule has 0 atom stereocenters. The van der Waals surface area contributed by atoms with Crippen LogP contribution in [0.2, 0.25) is 0 Å². The fourth-order valence-corrected chi connectivity index (χ4v) is 3.44. The summed E-state index contributed by atoms with van der Waals surface area (Å²) in [6.07, 6.45) is -1.71. The molecular formula is C21H18F3N3O2S. The molecule has 0 saturated carbocycles. The zero-order valence-corrected chi connectivity index (χ0v) is 16.8. The van der Waals surface area contributed by atoms with E-state index < -0.39 is 21.8 Å². The summed E-state index contributed by atoms with van der Waals surface area (Å²) in [4.78, 5) is -0.0250. The van der Waals surface area contributed by atoms with E-state index >= 15 is 0 Å². The molecule has 5 nitrogen and oxygen atoms in total. The lowest BCUT2D eigenvalue weighted by molar-refractivity contribution is -0.137. The highest BCUT2D eigenvalue weighted by atomic mass is 32.2. The van der Waals surface area contributed by atoms with Crippen LogP contribution < -0.4 is 5.14 Å². The number of primary sulfonamides is 1. The highest BCUT2D eigenvalue weighted by Crippen LogP contribution is 2.29. The van der Waals surface area contributed by atoms with E-state index in [1.165, 1.54) is 24.3 Å². The summed E-state index contributed by atoms with van der Waals surface area (Å²) >= 11 is 0. The van der Waals surface area contributed by atoms with Gasteiger partial charge in [0, 0.05) is 12.6 Å². The molecule has 0 aliphatic rings. The fourth-order valence-electron chi connectivity index (χ4n) is 2.88. The first kappa shape index (κ1) is 21.6. The maximum Gasteiger partial charge on any atom is 0.416 e. The van der Waals surface area contributed by atoms with E-state index in [9.17, 15) is 21.6 Å². The first-order valence-corrected chi connectivity index (χ1v) is 10.4. The van der Waals surface area contributed by atoms with E-state index in [2.05, 4.69) is 16.9 Å². The van der Waals surface area contributed by atoms with Gasteiger partial charge in [-0.25, -0.2) is 13.6 Å². The number of sulfonamides is 1. The summed E-state index contributed by atoms with van der Waals surface area (Å²) in [5.74, 6) is 5.88. The normalized spacial score (nSPS) is 11.8. The van der Waals surface area contributed by atoms with Crippen LogP contribution in [0.3, 0.4) is 0 Å². The highest BCUT2D eigenvalue weighted by molar-refractivity contribution is 7.89. The van der Waals surface area contributed by atoms with Crippen molar-refractivity contribution in [3.63, 3.8) is 0 Å². The van der Waals surface area contributed by atoms with Gasteiger partial charge in [0.05, 0.1) is 27.9 Å². The molecule has 3 aromatic rings. The van der Waals surface area contributed by atoms with Gasteiger partial charge < -0.3 is 0 Å². The average molecular weight is 433 g/mol. The van der Waals surface area contributed by atoms with Crippen molar-refractivity contribution >= 4 is 10.0 Å². The largest absolute Gasteiger partial charge is 0.416 e. The summed E-state index contributed by atoms with van der Waals surface area (Å²) in [5, 5.41) is 9.33. The number of rotatable bonds is 4. The number of halogens is 3. The van der Waals surface area contributed by atoms with Crippen molar-refractivity contribution in [2.75, 3.05) is 0 Å². The van der Waals surface area contributed by atoms with Crippen LogP contribution in [-0.4, -0.2) is 18.2 Å². The number of aromatic nitrogens is 2. The quantitative estimate of drug-likeness (QED) is 0.642. The molecule has 0 fully saturated rings. The highest BCUT2D eigenvalue weighted by Gasteiger charge is 2.29. The standard InChI is InChI=1S/C21H18F3N3O2S/c1-27-20(12-8-15-6-10-18(11-7-15)21(22,23)24)17(14-26-27)9-5-16-3-2-4-19(13-16)30(25,28)29/h2-4,6-7,10-11,13-14H,8,12H2,1H3,(H2,25,28,29). The Morgan fingerprint density at radius 1 is 1.07 bits per heavy atom. The molecule has 1 aromatic heterocycles. The average Bonchev–Trinajstić information content (AvgIpc) is 3.03. The first-order chi connectivity index (χ1) is 14.0. The van der Waals surface area contributed by atoms with Gasteiger partial charge >= 0.3 is 6.18 Å². The molecule has 1 heterocycles. The van der Waals surface area contributed by atoms with E-state index in [0.29, 0.717) is 24.0 Å². The predicted octanol–water partition coefficient (Wildman–Crippen LogP) is 3.27. The Balaban J connectivity index is 1.78. The summed E-state index contributed by atoms with van der Waals surface area (Å²) in [7, 11) is -2.06. The number of hydrogen-bond donors (Lipinski definition) is 1. The van der Waals surface area contributed by atoms with Crippen molar-refractivity contribution in [3.05, 3.63) is 82.7 Å². The van der Waals surface area contributed by atoms with Crippen LogP contribution in [0.5, 0.6) is 0 Å². The van der Waals surface area contributed by atoms with Crippen LogP contribution in [-0.2, 0) is 36.1 Å². The van der Waals surface area contributed by atoms with Crippen LogP contribution >= 0.6 is 0 Å². The lowest BCUT2D eigenvalue weighted by Gasteiger charge is -2.08. The number of benzene rings is 2. The molecule has 30 heavy (non-hydrogen) atoms. The minimum absolute atomic E-state index is 0.0250. The van der Waals surface area contributed by atoms with Gasteiger partial charge in [0.15, 0.2) is 0 Å². The molecule has 0 radical (unpaired) electrons. The summed E-state index contributed by atoms with van der Waals surface area (Å²) in [6.45, 7) is 0. The van der Waals surface area contributed by atoms with Crippen molar-refractivity contribution in [1.29, 1.82) is 0 Å². The van der Waals surface area contributed by atoms with E-state index in [1.807, 2.05) is 0 Å². The number of nitrogens with zero attached hydrogens (tertiary/aromatic N) is 2. The van der Waals surface area contributed by atoms with Crippen LogP contribution in [0.25, 0.3) is 0 Å². The molecular weight excluding hydrogens is 415 g/mol. The second-order valence-electron chi connectivity index (χ2n) is 6.65. The van der Waals surface area contributed by atoms with Gasteiger partial charge in [-0.3, -0.25) is 4.68 Å². The second kappa shape index (κ2) is 8.34. The minimum atomic E-state index is -4.36. The minimum Gasteiger partial charge on any atom is -0.271 e. The van der Waals surface area contributed by atoms with Gasteiger partial charge in [0.2, 0.25) is 10.0 Å². The summed E-state index contributed by atoms with van der Waals surface area (Å²) in [5.41, 5.74) is 2.05. The van der Waals surface area contributed by atoms with Crippen molar-refractivity contribution in [1.82, 2.24) is 9.78 Å². The lowest BCUT2D eigenvalue weighted by atomic mass is 10.0. The Morgan fingerprint density at radius 2 is 1.77 bits per heavy atom. The third kappa shape index (κ3) is 5.28. The zero-order chi connectivity index (χ0) is 21.9. The van der Waals surface area contributed by atoms with E-state index in [4.69, 9.17) is 5.14 Å². The zero-order valence-electron chi connectivity index (χ0n) is 15.9. The Hall–Kier alpha value is -3.09. The number of hydrogen-bond acceptors (Lipinski definition) is 3. The Morgan fingerprint density at radius 3 is 2.40 bits per heavy atom. The van der Waals surface area contributed by atoms with Gasteiger partial charge in [-0.2, -0.15) is 18.3 Å². The molecule has 2 N–H and O–H groups in total. The number of aryl methyl sites for hydroxylation is 2. The van der Waals surface area contributed by atoms with E-state index in [-0.39, 0.29) is 4.90 Å². The van der Waals surface area contributed by atoms with Crippen LogP contribution in [0, 0.1) is 11.8 Å². The first-order valence-electron chi connectivity index (χ1n) is 8.86. The topological polar surface area (TPSA) is 78.0 Å². The van der Waals surface area contributed by atoms with Crippen LogP contribution in [0.15, 0.2) is 59.6 Å². The van der Waals surface area contributed by atoms with E-state index in [0.717, 1.165) is 23.4 Å². The molecule has 0 unspecified atom stereocenters. The maximum absolute atomic E-state index is 12.7. The number of nitrogens with two attached hydrogens (primary N) is 1. The van der Waals surface area contributed by atoms with Gasteiger partial charge in [-0.05, 0) is 48.7 Å². The molecule has 3 rings (SSSR count). The van der Waals surface area contributed by atoms with Crippen molar-refractivity contribution in [3.8, 4) is 11.8 Å². The van der Waals surface area contributed by atoms with Crippen molar-refractivity contribution in [2.45, 2.75) is 23.9 Å². The molecule has 0 bridgehead atoms. The molecule has 0 amide bonds. The van der Waals surface area contributed by atoms with Crippen LogP contribution in [0.4, 0.5) is 13.2 Å². The second-order valence-corrected chi connectivity index (χ2v) is 8.21. The smallest absolute Gasteiger partial charge is 0.271 e. The monoisotopic (exact) mass is 433 g/mol. The summed E-state index contributed by atoms with van der Waals surface area (Å²) < 4.78 is 62.6. The van der Waals surface area contributed by atoms with Crippen molar-refractivity contribution < 1.29 is 21.6 Å². The molecule has 0 saturated heterocycles. The lowest BCUT2D eigenvalue weighted by Crippen LogP contribution is -2.11. The Bertz CT molecular complexity index is 1220.